The molecule has 0 unspecified atom stereocenters. The van der Waals surface area contributed by atoms with Gasteiger partial charge in [0.15, 0.2) is 0 Å². The zero-order valence-corrected chi connectivity index (χ0v) is 15.2. The SMILES string of the molecule is CS(=O)(=O)Nc1cc(NC(=O)c2ccc(-c3ccccc3)nc2)ccc1O. The lowest BCUT2D eigenvalue weighted by molar-refractivity contribution is 0.102. The number of sulfonamides is 1. The Morgan fingerprint density at radius 2 is 1.78 bits per heavy atom. The monoisotopic (exact) mass is 383 g/mol. The molecule has 7 nitrogen and oxygen atoms in total. The second-order valence-electron chi connectivity index (χ2n) is 5.86. The summed E-state index contributed by atoms with van der Waals surface area (Å²) in [5, 5.41) is 12.4. The van der Waals surface area contributed by atoms with Crippen LogP contribution in [-0.2, 0) is 10.0 Å². The molecule has 0 aliphatic heterocycles. The number of benzene rings is 2. The predicted molar refractivity (Wildman–Crippen MR) is 104 cm³/mol. The molecule has 0 saturated carbocycles. The standard InChI is InChI=1S/C19H17N3O4S/c1-27(25,26)22-17-11-15(8-10-18(17)23)21-19(24)14-7-9-16(20-12-14)13-5-3-2-4-6-13/h2-12,22-23H,1H3,(H,21,24). The lowest BCUT2D eigenvalue weighted by atomic mass is 10.1. The summed E-state index contributed by atoms with van der Waals surface area (Å²) >= 11 is 0. The Hall–Kier alpha value is -3.39. The minimum Gasteiger partial charge on any atom is -0.506 e. The first-order valence-electron chi connectivity index (χ1n) is 7.95. The number of rotatable bonds is 5. The maximum absolute atomic E-state index is 12.4. The zero-order valence-electron chi connectivity index (χ0n) is 14.4. The van der Waals surface area contributed by atoms with Crippen LogP contribution in [0.4, 0.5) is 11.4 Å². The lowest BCUT2D eigenvalue weighted by Gasteiger charge is -2.10. The Morgan fingerprint density at radius 1 is 1.04 bits per heavy atom. The highest BCUT2D eigenvalue weighted by molar-refractivity contribution is 7.92. The predicted octanol–water partition coefficient (Wildman–Crippen LogP) is 3.08. The van der Waals surface area contributed by atoms with E-state index in [1.54, 1.807) is 12.1 Å². The van der Waals surface area contributed by atoms with Gasteiger partial charge in [-0.2, -0.15) is 0 Å². The molecule has 1 heterocycles. The Labute approximate surface area is 156 Å². The van der Waals surface area contributed by atoms with Crippen LogP contribution in [0.3, 0.4) is 0 Å². The quantitative estimate of drug-likeness (QED) is 0.463. The van der Waals surface area contributed by atoms with E-state index in [9.17, 15) is 18.3 Å². The fourth-order valence-electron chi connectivity index (χ4n) is 2.41. The van der Waals surface area contributed by atoms with Crippen LogP contribution < -0.4 is 10.0 Å². The van der Waals surface area contributed by atoms with Crippen molar-refractivity contribution in [3.63, 3.8) is 0 Å². The highest BCUT2D eigenvalue weighted by atomic mass is 32.2. The number of hydrogen-bond donors (Lipinski definition) is 3. The van der Waals surface area contributed by atoms with Crippen LogP contribution in [0.1, 0.15) is 10.4 Å². The number of hydrogen-bond acceptors (Lipinski definition) is 5. The van der Waals surface area contributed by atoms with Crippen molar-refractivity contribution in [2.24, 2.45) is 0 Å². The Bertz CT molecular complexity index is 1070. The van der Waals surface area contributed by atoms with Gasteiger partial charge in [-0.1, -0.05) is 30.3 Å². The average Bonchev–Trinajstić information content (AvgIpc) is 2.64. The third-order valence-corrected chi connectivity index (χ3v) is 4.24. The lowest BCUT2D eigenvalue weighted by Crippen LogP contribution is -2.13. The van der Waals surface area contributed by atoms with Crippen LogP contribution in [0.25, 0.3) is 11.3 Å². The largest absolute Gasteiger partial charge is 0.506 e. The molecule has 0 aliphatic rings. The van der Waals surface area contributed by atoms with E-state index in [1.807, 2.05) is 30.3 Å². The van der Waals surface area contributed by atoms with Crippen molar-refractivity contribution in [3.8, 4) is 17.0 Å². The molecule has 27 heavy (non-hydrogen) atoms. The molecule has 1 aromatic heterocycles. The van der Waals surface area contributed by atoms with Gasteiger partial charge in [-0.05, 0) is 30.3 Å². The molecular weight excluding hydrogens is 366 g/mol. The van der Waals surface area contributed by atoms with Gasteiger partial charge in [-0.3, -0.25) is 14.5 Å². The van der Waals surface area contributed by atoms with E-state index in [-0.39, 0.29) is 11.4 Å². The van der Waals surface area contributed by atoms with Crippen molar-refractivity contribution in [3.05, 3.63) is 72.4 Å². The summed E-state index contributed by atoms with van der Waals surface area (Å²) in [6, 6.07) is 17.1. The van der Waals surface area contributed by atoms with Crippen molar-refractivity contribution in [2.75, 3.05) is 16.3 Å². The minimum atomic E-state index is -3.56. The average molecular weight is 383 g/mol. The Balaban J connectivity index is 1.76. The zero-order chi connectivity index (χ0) is 19.4. The van der Waals surface area contributed by atoms with Crippen molar-refractivity contribution < 1.29 is 18.3 Å². The maximum atomic E-state index is 12.4. The number of carbonyl (C=O) groups is 1. The fourth-order valence-corrected chi connectivity index (χ4v) is 2.97. The van der Waals surface area contributed by atoms with Gasteiger partial charge in [-0.25, -0.2) is 8.42 Å². The Kier molecular flexibility index (Phi) is 5.09. The first-order chi connectivity index (χ1) is 12.8. The molecule has 2 aromatic carbocycles. The normalized spacial score (nSPS) is 11.0. The maximum Gasteiger partial charge on any atom is 0.257 e. The number of nitrogens with one attached hydrogen (secondary N) is 2. The van der Waals surface area contributed by atoms with Crippen molar-refractivity contribution in [2.45, 2.75) is 0 Å². The highest BCUT2D eigenvalue weighted by Gasteiger charge is 2.11. The summed E-state index contributed by atoms with van der Waals surface area (Å²) in [4.78, 5) is 16.7. The summed E-state index contributed by atoms with van der Waals surface area (Å²) in [6.45, 7) is 0. The molecule has 0 aliphatic carbocycles. The number of pyridine rings is 1. The van der Waals surface area contributed by atoms with E-state index < -0.39 is 15.9 Å². The van der Waals surface area contributed by atoms with Gasteiger partial charge >= 0.3 is 0 Å². The first-order valence-corrected chi connectivity index (χ1v) is 9.84. The van der Waals surface area contributed by atoms with Crippen LogP contribution in [0.5, 0.6) is 5.75 Å². The molecular formula is C19H17N3O4S. The third-order valence-electron chi connectivity index (χ3n) is 3.64. The second-order valence-corrected chi connectivity index (χ2v) is 7.61. The summed E-state index contributed by atoms with van der Waals surface area (Å²) in [5.41, 5.74) is 2.35. The van der Waals surface area contributed by atoms with Gasteiger partial charge in [0.1, 0.15) is 5.75 Å². The van der Waals surface area contributed by atoms with Crippen LogP contribution in [-0.4, -0.2) is 30.7 Å². The van der Waals surface area contributed by atoms with Crippen molar-refractivity contribution >= 4 is 27.3 Å². The van der Waals surface area contributed by atoms with Gasteiger partial charge in [0.05, 0.1) is 23.2 Å². The van der Waals surface area contributed by atoms with Crippen LogP contribution >= 0.6 is 0 Å². The molecule has 0 atom stereocenters. The molecule has 8 heteroatoms. The van der Waals surface area contributed by atoms with Gasteiger partial charge in [0, 0.05) is 17.4 Å². The van der Waals surface area contributed by atoms with Gasteiger partial charge in [-0.15, -0.1) is 0 Å². The van der Waals surface area contributed by atoms with Crippen molar-refractivity contribution in [1.29, 1.82) is 0 Å². The summed E-state index contributed by atoms with van der Waals surface area (Å²) in [7, 11) is -3.56. The van der Waals surface area contributed by atoms with Crippen LogP contribution in [0, 0.1) is 0 Å². The smallest absolute Gasteiger partial charge is 0.257 e. The molecule has 0 radical (unpaired) electrons. The number of aromatic hydroxyl groups is 1. The van der Waals surface area contributed by atoms with E-state index in [0.717, 1.165) is 17.5 Å². The number of nitrogens with zero attached hydrogens (tertiary/aromatic N) is 1. The van der Waals surface area contributed by atoms with E-state index in [2.05, 4.69) is 15.0 Å². The van der Waals surface area contributed by atoms with Gasteiger partial charge < -0.3 is 10.4 Å². The fraction of sp³-hybridized carbons (Fsp3) is 0.0526. The molecule has 3 aromatic rings. The minimum absolute atomic E-state index is 0.0205. The molecule has 0 spiro atoms. The first kappa shape index (κ1) is 18.4. The number of phenols is 1. The van der Waals surface area contributed by atoms with Gasteiger partial charge in [0.2, 0.25) is 10.0 Å². The Morgan fingerprint density at radius 3 is 2.41 bits per heavy atom. The van der Waals surface area contributed by atoms with E-state index >= 15 is 0 Å². The molecule has 3 N–H and O–H groups in total. The number of aromatic nitrogens is 1. The molecule has 138 valence electrons. The second kappa shape index (κ2) is 7.46. The highest BCUT2D eigenvalue weighted by Crippen LogP contribution is 2.27. The van der Waals surface area contributed by atoms with Gasteiger partial charge in [0.25, 0.3) is 5.91 Å². The van der Waals surface area contributed by atoms with E-state index in [1.165, 1.54) is 24.4 Å². The molecule has 1 amide bonds. The third kappa shape index (κ3) is 4.83. The van der Waals surface area contributed by atoms with Crippen LogP contribution in [0.15, 0.2) is 66.9 Å². The summed E-state index contributed by atoms with van der Waals surface area (Å²) < 4.78 is 24.9. The number of phenolic OH excluding ortho intramolecular Hbond substituents is 1. The summed E-state index contributed by atoms with van der Waals surface area (Å²) in [5.74, 6) is -0.648. The van der Waals surface area contributed by atoms with E-state index in [0.29, 0.717) is 11.3 Å². The molecule has 3 rings (SSSR count). The van der Waals surface area contributed by atoms with Crippen molar-refractivity contribution in [1.82, 2.24) is 4.98 Å². The number of amides is 1. The molecule has 0 saturated heterocycles. The molecule has 0 bridgehead atoms. The van der Waals surface area contributed by atoms with E-state index in [4.69, 9.17) is 0 Å². The number of anilines is 2. The van der Waals surface area contributed by atoms with Crippen LogP contribution in [0.2, 0.25) is 0 Å². The molecule has 0 fully saturated rings. The topological polar surface area (TPSA) is 108 Å². The number of carbonyl (C=O) groups excluding carboxylic acids is 1. The summed E-state index contributed by atoms with van der Waals surface area (Å²) in [6.07, 6.45) is 2.44.